The quantitative estimate of drug-likeness (QED) is 0.609. The number of nitrogens with zero attached hydrogens (tertiary/aromatic N) is 2. The van der Waals surface area contributed by atoms with Crippen molar-refractivity contribution in [3.05, 3.63) is 11.6 Å². The molecule has 12 heavy (non-hydrogen) atoms. The van der Waals surface area contributed by atoms with E-state index < -0.39 is 0 Å². The van der Waals surface area contributed by atoms with Crippen molar-refractivity contribution in [2.24, 2.45) is 15.7 Å². The van der Waals surface area contributed by atoms with Crippen LogP contribution in [0, 0.1) is 0 Å². The van der Waals surface area contributed by atoms with Gasteiger partial charge in [0.05, 0.1) is 5.25 Å². The number of dihydropyridines is 1. The van der Waals surface area contributed by atoms with Gasteiger partial charge in [-0.05, 0) is 19.9 Å². The fraction of sp³-hybridized carbons (Fsp3) is 0.500. The molecule has 2 N–H and O–H groups in total. The first kappa shape index (κ1) is 7.86. The van der Waals surface area contributed by atoms with Gasteiger partial charge in [-0.15, -0.1) is 0 Å². The summed E-state index contributed by atoms with van der Waals surface area (Å²) in [4.78, 5) is 8.64. The van der Waals surface area contributed by atoms with E-state index in [2.05, 4.69) is 23.0 Å². The van der Waals surface area contributed by atoms with E-state index in [-0.39, 0.29) is 6.17 Å². The van der Waals surface area contributed by atoms with Gasteiger partial charge in [-0.2, -0.15) is 0 Å². The van der Waals surface area contributed by atoms with Gasteiger partial charge in [0, 0.05) is 5.71 Å². The Balaban J connectivity index is 2.33. The molecule has 0 saturated heterocycles. The fourth-order valence-electron chi connectivity index (χ4n) is 1.50. The molecule has 4 heteroatoms. The third kappa shape index (κ3) is 1.16. The van der Waals surface area contributed by atoms with Crippen LogP contribution in [0.15, 0.2) is 21.6 Å². The van der Waals surface area contributed by atoms with Crippen LogP contribution in [0.1, 0.15) is 13.8 Å². The summed E-state index contributed by atoms with van der Waals surface area (Å²) in [7, 11) is 0. The highest BCUT2D eigenvalue weighted by molar-refractivity contribution is 8.14. The Labute approximate surface area is 75.8 Å². The molecule has 0 aromatic carbocycles. The summed E-state index contributed by atoms with van der Waals surface area (Å²) in [5.74, 6) is 0. The molecule has 2 rings (SSSR count). The maximum atomic E-state index is 5.62. The number of aliphatic imine (C=N–C) groups is 2. The minimum absolute atomic E-state index is 0.0417. The number of allylic oxidation sites excluding steroid dienone is 1. The minimum atomic E-state index is 0.0417. The summed E-state index contributed by atoms with van der Waals surface area (Å²) in [5.41, 5.74) is 7.99. The van der Waals surface area contributed by atoms with Crippen LogP contribution in [0.2, 0.25) is 0 Å². The Bertz CT molecular complexity index is 303. The van der Waals surface area contributed by atoms with Gasteiger partial charge in [-0.25, -0.2) is 4.99 Å². The van der Waals surface area contributed by atoms with Crippen molar-refractivity contribution in [2.75, 3.05) is 0 Å². The predicted molar refractivity (Wildman–Crippen MR) is 53.7 cm³/mol. The molecular weight excluding hydrogens is 170 g/mol. The Morgan fingerprint density at radius 1 is 1.42 bits per heavy atom. The van der Waals surface area contributed by atoms with E-state index in [1.165, 1.54) is 5.57 Å². The molecule has 0 fully saturated rings. The zero-order chi connectivity index (χ0) is 8.72. The highest BCUT2D eigenvalue weighted by Gasteiger charge is 2.31. The SMILES string of the molecule is CC1=CC(C)=N[C@@H]2N=C(N)S[C@H]12. The predicted octanol–water partition coefficient (Wildman–Crippen LogP) is 1.16. The molecule has 0 unspecified atom stereocenters. The molecule has 2 atom stereocenters. The zero-order valence-corrected chi connectivity index (χ0v) is 7.93. The van der Waals surface area contributed by atoms with Gasteiger partial charge in [0.25, 0.3) is 0 Å². The van der Waals surface area contributed by atoms with E-state index >= 15 is 0 Å². The number of fused-ring (bicyclic) bond motifs is 1. The molecule has 0 bridgehead atoms. The normalized spacial score (nSPS) is 33.7. The van der Waals surface area contributed by atoms with Crippen LogP contribution in [0.4, 0.5) is 0 Å². The molecule has 0 spiro atoms. The zero-order valence-electron chi connectivity index (χ0n) is 7.11. The van der Waals surface area contributed by atoms with Crippen molar-refractivity contribution < 1.29 is 0 Å². The summed E-state index contributed by atoms with van der Waals surface area (Å²) in [5, 5.41) is 1.02. The molecule has 0 aliphatic carbocycles. The topological polar surface area (TPSA) is 50.7 Å². The van der Waals surface area contributed by atoms with Gasteiger partial charge in [-0.1, -0.05) is 17.3 Å². The molecule has 64 valence electrons. The molecular formula is C8H11N3S. The molecule has 2 heterocycles. The molecule has 0 amide bonds. The number of amidine groups is 1. The number of hydrogen-bond donors (Lipinski definition) is 1. The van der Waals surface area contributed by atoms with E-state index in [1.807, 2.05) is 6.92 Å². The Morgan fingerprint density at radius 3 is 2.92 bits per heavy atom. The third-order valence-corrected chi connectivity index (χ3v) is 3.22. The van der Waals surface area contributed by atoms with E-state index in [9.17, 15) is 0 Å². The second-order valence-electron chi connectivity index (χ2n) is 3.08. The molecule has 2 aliphatic rings. The molecule has 0 saturated carbocycles. The summed E-state index contributed by atoms with van der Waals surface area (Å²) in [6.07, 6.45) is 2.14. The van der Waals surface area contributed by atoms with Crippen LogP contribution in [0.5, 0.6) is 0 Å². The monoisotopic (exact) mass is 181 g/mol. The van der Waals surface area contributed by atoms with Gasteiger partial charge in [0.2, 0.25) is 0 Å². The van der Waals surface area contributed by atoms with E-state index in [1.54, 1.807) is 11.8 Å². The van der Waals surface area contributed by atoms with Crippen LogP contribution >= 0.6 is 11.8 Å². The maximum absolute atomic E-state index is 5.62. The average molecular weight is 181 g/mol. The Morgan fingerprint density at radius 2 is 2.17 bits per heavy atom. The summed E-state index contributed by atoms with van der Waals surface area (Å²) in [6.45, 7) is 4.10. The molecule has 0 aromatic heterocycles. The highest BCUT2D eigenvalue weighted by atomic mass is 32.2. The first-order chi connectivity index (χ1) is 5.66. The molecule has 2 aliphatic heterocycles. The van der Waals surface area contributed by atoms with Crippen LogP contribution < -0.4 is 5.73 Å². The number of thioether (sulfide) groups is 1. The Kier molecular flexibility index (Phi) is 1.72. The second kappa shape index (κ2) is 2.62. The minimum Gasteiger partial charge on any atom is -0.378 e. The summed E-state index contributed by atoms with van der Waals surface area (Å²) in [6, 6.07) is 0. The number of nitrogens with two attached hydrogens (primary N) is 1. The lowest BCUT2D eigenvalue weighted by atomic mass is 10.1. The standard InChI is InChI=1S/C8H11N3S/c1-4-3-5(2)10-7-6(4)12-8(9)11-7/h3,6-7H,1-2H3,(H2,9,11)/t6-,7-/m1/s1. The lowest BCUT2D eigenvalue weighted by Gasteiger charge is -2.18. The van der Waals surface area contributed by atoms with E-state index in [4.69, 9.17) is 5.73 Å². The van der Waals surface area contributed by atoms with Crippen LogP contribution in [-0.4, -0.2) is 22.3 Å². The summed E-state index contributed by atoms with van der Waals surface area (Å²) >= 11 is 1.61. The van der Waals surface area contributed by atoms with Gasteiger partial charge < -0.3 is 5.73 Å². The molecule has 0 aromatic rings. The molecule has 3 nitrogen and oxygen atoms in total. The van der Waals surface area contributed by atoms with Crippen molar-refractivity contribution in [3.63, 3.8) is 0 Å². The first-order valence-corrected chi connectivity index (χ1v) is 4.77. The van der Waals surface area contributed by atoms with Gasteiger partial charge >= 0.3 is 0 Å². The van der Waals surface area contributed by atoms with Gasteiger partial charge in [-0.3, -0.25) is 4.99 Å². The fourth-order valence-corrected chi connectivity index (χ4v) is 2.43. The molecule has 0 radical (unpaired) electrons. The van der Waals surface area contributed by atoms with Crippen molar-refractivity contribution >= 4 is 22.6 Å². The Hall–Kier alpha value is -0.770. The number of hydrogen-bond acceptors (Lipinski definition) is 4. The van der Waals surface area contributed by atoms with Crippen LogP contribution in [-0.2, 0) is 0 Å². The first-order valence-electron chi connectivity index (χ1n) is 3.89. The van der Waals surface area contributed by atoms with Crippen LogP contribution in [0.25, 0.3) is 0 Å². The largest absolute Gasteiger partial charge is 0.378 e. The second-order valence-corrected chi connectivity index (χ2v) is 4.24. The van der Waals surface area contributed by atoms with E-state index in [0.29, 0.717) is 10.4 Å². The van der Waals surface area contributed by atoms with Crippen molar-refractivity contribution in [1.29, 1.82) is 0 Å². The average Bonchev–Trinajstić information content (AvgIpc) is 2.29. The van der Waals surface area contributed by atoms with Crippen molar-refractivity contribution in [3.8, 4) is 0 Å². The smallest absolute Gasteiger partial charge is 0.158 e. The maximum Gasteiger partial charge on any atom is 0.158 e. The van der Waals surface area contributed by atoms with Gasteiger partial charge in [0.1, 0.15) is 0 Å². The number of rotatable bonds is 0. The lowest BCUT2D eigenvalue weighted by molar-refractivity contribution is 0.722. The summed E-state index contributed by atoms with van der Waals surface area (Å²) < 4.78 is 0. The van der Waals surface area contributed by atoms with Crippen LogP contribution in [0.3, 0.4) is 0 Å². The van der Waals surface area contributed by atoms with Crippen molar-refractivity contribution in [2.45, 2.75) is 25.3 Å². The van der Waals surface area contributed by atoms with E-state index in [0.717, 1.165) is 5.71 Å². The van der Waals surface area contributed by atoms with Gasteiger partial charge in [0.15, 0.2) is 11.3 Å². The lowest BCUT2D eigenvalue weighted by Crippen LogP contribution is -2.22. The third-order valence-electron chi connectivity index (χ3n) is 2.00. The highest BCUT2D eigenvalue weighted by Crippen LogP contribution is 2.33. The van der Waals surface area contributed by atoms with Crippen molar-refractivity contribution in [1.82, 2.24) is 0 Å².